The van der Waals surface area contributed by atoms with E-state index >= 15 is 0 Å². The molecule has 0 bridgehead atoms. The Hall–Kier alpha value is -0.580. The van der Waals surface area contributed by atoms with Crippen molar-refractivity contribution in [3.05, 3.63) is 62.8 Å². The molecule has 0 aromatic heterocycles. The molecule has 1 unspecified atom stereocenters. The normalized spacial score (nSPS) is 12.5. The van der Waals surface area contributed by atoms with Crippen LogP contribution in [0.2, 0.25) is 5.02 Å². The summed E-state index contributed by atoms with van der Waals surface area (Å²) in [5.41, 5.74) is 1.40. The zero-order valence-electron chi connectivity index (χ0n) is 11.5. The van der Waals surface area contributed by atoms with Gasteiger partial charge in [0.25, 0.3) is 0 Å². The van der Waals surface area contributed by atoms with E-state index in [0.717, 1.165) is 11.3 Å². The summed E-state index contributed by atoms with van der Waals surface area (Å²) >= 11 is 12.8. The molecule has 0 N–H and O–H groups in total. The summed E-state index contributed by atoms with van der Waals surface area (Å²) in [5.74, 6) is 0.443. The van der Waals surface area contributed by atoms with Gasteiger partial charge in [0, 0.05) is 10.0 Å². The van der Waals surface area contributed by atoms with Crippen molar-refractivity contribution in [2.75, 3.05) is 0 Å². The maximum atomic E-state index is 14.1. The lowest BCUT2D eigenvalue weighted by Gasteiger charge is -2.15. The minimum absolute atomic E-state index is 0.0906. The summed E-state index contributed by atoms with van der Waals surface area (Å²) in [7, 11) is 0. The molecule has 112 valence electrons. The highest BCUT2D eigenvalue weighted by Crippen LogP contribution is 2.37. The first-order chi connectivity index (χ1) is 9.88. The van der Waals surface area contributed by atoms with E-state index in [1.54, 1.807) is 6.07 Å². The standard InChI is InChI=1S/C16H14Br2ClFO/c1-9(2)21-11-5-3-4-10(6-11)16(18)12-7-14(19)13(17)8-15(12)20/h3-9,16H,1-2H3. The van der Waals surface area contributed by atoms with Crippen LogP contribution in [0.15, 0.2) is 40.9 Å². The quantitative estimate of drug-likeness (QED) is 0.392. The van der Waals surface area contributed by atoms with E-state index in [1.165, 1.54) is 6.07 Å². The highest BCUT2D eigenvalue weighted by molar-refractivity contribution is 9.10. The fourth-order valence-electron chi connectivity index (χ4n) is 1.93. The van der Waals surface area contributed by atoms with E-state index in [4.69, 9.17) is 16.3 Å². The minimum atomic E-state index is -0.316. The Bertz CT molecular complexity index is 646. The molecule has 1 atom stereocenters. The largest absolute Gasteiger partial charge is 0.491 e. The number of hydrogen-bond acceptors (Lipinski definition) is 1. The van der Waals surface area contributed by atoms with E-state index in [0.29, 0.717) is 15.1 Å². The molecule has 0 fully saturated rings. The smallest absolute Gasteiger partial charge is 0.129 e. The Kier molecular flexibility index (Phi) is 5.69. The molecule has 5 heteroatoms. The number of ether oxygens (including phenoxy) is 1. The van der Waals surface area contributed by atoms with Crippen LogP contribution in [0.3, 0.4) is 0 Å². The number of alkyl halides is 1. The van der Waals surface area contributed by atoms with Crippen molar-refractivity contribution in [2.45, 2.75) is 24.8 Å². The van der Waals surface area contributed by atoms with E-state index < -0.39 is 0 Å². The zero-order chi connectivity index (χ0) is 15.6. The van der Waals surface area contributed by atoms with Crippen molar-refractivity contribution in [1.29, 1.82) is 0 Å². The highest BCUT2D eigenvalue weighted by atomic mass is 79.9. The van der Waals surface area contributed by atoms with Crippen molar-refractivity contribution in [2.24, 2.45) is 0 Å². The third-order valence-electron chi connectivity index (χ3n) is 2.84. The molecule has 0 spiro atoms. The zero-order valence-corrected chi connectivity index (χ0v) is 15.5. The van der Waals surface area contributed by atoms with Crippen LogP contribution in [0.5, 0.6) is 5.75 Å². The van der Waals surface area contributed by atoms with E-state index in [2.05, 4.69) is 31.9 Å². The Morgan fingerprint density at radius 1 is 1.19 bits per heavy atom. The van der Waals surface area contributed by atoms with Crippen molar-refractivity contribution in [3.8, 4) is 5.75 Å². The molecule has 0 saturated heterocycles. The second kappa shape index (κ2) is 7.12. The first-order valence-corrected chi connectivity index (χ1v) is 8.52. The third kappa shape index (κ3) is 4.21. The number of halogens is 4. The second-order valence-corrected chi connectivity index (χ2v) is 7.07. The molecular formula is C16H14Br2ClFO. The molecule has 0 heterocycles. The fraction of sp³-hybridized carbons (Fsp3) is 0.250. The van der Waals surface area contributed by atoms with Crippen molar-refractivity contribution in [1.82, 2.24) is 0 Å². The molecule has 21 heavy (non-hydrogen) atoms. The van der Waals surface area contributed by atoms with Gasteiger partial charge in [0.05, 0.1) is 16.0 Å². The van der Waals surface area contributed by atoms with Gasteiger partial charge in [0.1, 0.15) is 11.6 Å². The SMILES string of the molecule is CC(C)Oc1cccc(C(Br)c2cc(Cl)c(Br)cc2F)c1. The summed E-state index contributed by atoms with van der Waals surface area (Å²) < 4.78 is 20.3. The lowest BCUT2D eigenvalue weighted by atomic mass is 10.0. The summed E-state index contributed by atoms with van der Waals surface area (Å²) in [4.78, 5) is -0.293. The molecule has 0 radical (unpaired) electrons. The van der Waals surface area contributed by atoms with Crippen LogP contribution in [-0.4, -0.2) is 6.10 Å². The third-order valence-corrected chi connectivity index (χ3v) is 5.05. The number of hydrogen-bond donors (Lipinski definition) is 0. The van der Waals surface area contributed by atoms with Gasteiger partial charge in [-0.15, -0.1) is 0 Å². The van der Waals surface area contributed by atoms with Gasteiger partial charge in [-0.2, -0.15) is 0 Å². The van der Waals surface area contributed by atoms with Gasteiger partial charge in [0.2, 0.25) is 0 Å². The Morgan fingerprint density at radius 2 is 1.90 bits per heavy atom. The average molecular weight is 437 g/mol. The Morgan fingerprint density at radius 3 is 2.57 bits per heavy atom. The van der Waals surface area contributed by atoms with E-state index in [1.807, 2.05) is 38.1 Å². The molecule has 2 aromatic carbocycles. The van der Waals surface area contributed by atoms with Crippen LogP contribution in [0.25, 0.3) is 0 Å². The lowest BCUT2D eigenvalue weighted by Crippen LogP contribution is -2.06. The number of rotatable bonds is 4. The topological polar surface area (TPSA) is 9.23 Å². The molecule has 0 aliphatic carbocycles. The molecule has 0 aliphatic rings. The molecular weight excluding hydrogens is 422 g/mol. The minimum Gasteiger partial charge on any atom is -0.491 e. The molecule has 2 aromatic rings. The van der Waals surface area contributed by atoms with Gasteiger partial charge in [-0.3, -0.25) is 0 Å². The van der Waals surface area contributed by atoms with Crippen LogP contribution in [0.4, 0.5) is 4.39 Å². The van der Waals surface area contributed by atoms with Crippen LogP contribution < -0.4 is 4.74 Å². The van der Waals surface area contributed by atoms with Crippen molar-refractivity contribution < 1.29 is 9.13 Å². The maximum Gasteiger partial charge on any atom is 0.129 e. The molecule has 1 nitrogen and oxygen atoms in total. The van der Waals surface area contributed by atoms with Gasteiger partial charge >= 0.3 is 0 Å². The van der Waals surface area contributed by atoms with E-state index in [9.17, 15) is 4.39 Å². The number of benzene rings is 2. The first kappa shape index (κ1) is 16.8. The van der Waals surface area contributed by atoms with E-state index in [-0.39, 0.29) is 16.7 Å². The summed E-state index contributed by atoms with van der Waals surface area (Å²) in [6.07, 6.45) is 0.0906. The summed E-state index contributed by atoms with van der Waals surface area (Å²) in [6, 6.07) is 10.6. The predicted molar refractivity (Wildman–Crippen MR) is 92.1 cm³/mol. The average Bonchev–Trinajstić information content (AvgIpc) is 2.41. The van der Waals surface area contributed by atoms with Crippen LogP contribution >= 0.6 is 43.5 Å². The van der Waals surface area contributed by atoms with Crippen LogP contribution in [0.1, 0.15) is 29.8 Å². The monoisotopic (exact) mass is 434 g/mol. The second-order valence-electron chi connectivity index (χ2n) is 4.89. The summed E-state index contributed by atoms with van der Waals surface area (Å²) in [5, 5.41) is 0.477. The summed E-state index contributed by atoms with van der Waals surface area (Å²) in [6.45, 7) is 3.93. The molecule has 2 rings (SSSR count). The van der Waals surface area contributed by atoms with Crippen molar-refractivity contribution in [3.63, 3.8) is 0 Å². The molecule has 0 saturated carbocycles. The van der Waals surface area contributed by atoms with Crippen molar-refractivity contribution >= 4 is 43.5 Å². The molecule has 0 amide bonds. The van der Waals surface area contributed by atoms with Gasteiger partial charge in [-0.1, -0.05) is 39.7 Å². The van der Waals surface area contributed by atoms with Gasteiger partial charge < -0.3 is 4.74 Å². The van der Waals surface area contributed by atoms with Crippen LogP contribution in [0, 0.1) is 5.82 Å². The van der Waals surface area contributed by atoms with Gasteiger partial charge in [0.15, 0.2) is 0 Å². The van der Waals surface area contributed by atoms with Gasteiger partial charge in [-0.05, 0) is 59.6 Å². The Balaban J connectivity index is 2.36. The maximum absolute atomic E-state index is 14.1. The van der Waals surface area contributed by atoms with Gasteiger partial charge in [-0.25, -0.2) is 4.39 Å². The fourth-order valence-corrected chi connectivity index (χ4v) is 3.05. The first-order valence-electron chi connectivity index (χ1n) is 6.43. The molecule has 0 aliphatic heterocycles. The highest BCUT2D eigenvalue weighted by Gasteiger charge is 2.17. The Labute approximate surface area is 145 Å². The lowest BCUT2D eigenvalue weighted by molar-refractivity contribution is 0.242. The predicted octanol–water partition coefficient (Wildman–Crippen LogP) is 6.51. The van der Waals surface area contributed by atoms with Crippen LogP contribution in [-0.2, 0) is 0 Å².